The Morgan fingerprint density at radius 3 is 2.64 bits per heavy atom. The molecular formula is C26H20Br2FN5O5. The van der Waals surface area contributed by atoms with Crippen molar-refractivity contribution < 1.29 is 18.8 Å². The van der Waals surface area contributed by atoms with Crippen LogP contribution < -0.4 is 15.6 Å². The second-order valence-corrected chi connectivity index (χ2v) is 10.0. The van der Waals surface area contributed by atoms with Gasteiger partial charge in [0, 0.05) is 28.2 Å². The molecule has 1 heterocycles. The molecule has 0 spiro atoms. The van der Waals surface area contributed by atoms with E-state index in [1.165, 1.54) is 47.3 Å². The third-order valence-corrected chi connectivity index (χ3v) is 6.47. The van der Waals surface area contributed by atoms with Crippen LogP contribution in [0.4, 0.5) is 15.8 Å². The number of anilines is 1. The van der Waals surface area contributed by atoms with Gasteiger partial charge in [-0.2, -0.15) is 9.78 Å². The summed E-state index contributed by atoms with van der Waals surface area (Å²) in [5.74, 6) is -0.753. The van der Waals surface area contributed by atoms with Gasteiger partial charge in [0.1, 0.15) is 11.6 Å². The van der Waals surface area contributed by atoms with E-state index in [2.05, 4.69) is 47.3 Å². The van der Waals surface area contributed by atoms with Gasteiger partial charge < -0.3 is 10.1 Å². The highest BCUT2D eigenvalue weighted by Crippen LogP contribution is 2.36. The topological polar surface area (TPSA) is 129 Å². The minimum Gasteiger partial charge on any atom is -0.476 e. The molecule has 1 N–H and O–H groups in total. The van der Waals surface area contributed by atoms with E-state index in [4.69, 9.17) is 4.74 Å². The predicted octanol–water partition coefficient (Wildman–Crippen LogP) is 5.82. The van der Waals surface area contributed by atoms with Crippen molar-refractivity contribution in [1.29, 1.82) is 0 Å². The molecule has 0 unspecified atom stereocenters. The van der Waals surface area contributed by atoms with Crippen LogP contribution in [0.2, 0.25) is 0 Å². The molecule has 1 amide bonds. The second kappa shape index (κ2) is 12.3. The van der Waals surface area contributed by atoms with Crippen molar-refractivity contribution >= 4 is 66.3 Å². The fourth-order valence-corrected chi connectivity index (χ4v) is 4.59. The van der Waals surface area contributed by atoms with Crippen LogP contribution >= 0.6 is 31.9 Å². The zero-order valence-corrected chi connectivity index (χ0v) is 23.5. The Bertz CT molecular complexity index is 1660. The fraction of sp³-hybridized carbons (Fsp3) is 0.154. The van der Waals surface area contributed by atoms with Crippen LogP contribution in [0.5, 0.6) is 5.75 Å². The molecule has 39 heavy (non-hydrogen) atoms. The van der Waals surface area contributed by atoms with Crippen LogP contribution in [0, 0.1) is 15.9 Å². The number of halogens is 3. The molecule has 4 rings (SSSR count). The molecule has 10 nitrogen and oxygen atoms in total. The van der Waals surface area contributed by atoms with Crippen LogP contribution in [-0.4, -0.2) is 33.3 Å². The summed E-state index contributed by atoms with van der Waals surface area (Å²) in [6.45, 7) is 1.42. The van der Waals surface area contributed by atoms with Gasteiger partial charge in [-0.3, -0.25) is 19.7 Å². The van der Waals surface area contributed by atoms with Gasteiger partial charge in [-0.15, -0.1) is 0 Å². The lowest BCUT2D eigenvalue weighted by atomic mass is 10.2. The number of fused-ring (bicyclic) bond motifs is 1. The number of hydrogen-bond donors (Lipinski definition) is 1. The second-order valence-electron chi connectivity index (χ2n) is 8.25. The van der Waals surface area contributed by atoms with E-state index < -0.39 is 28.9 Å². The van der Waals surface area contributed by atoms with Crippen molar-refractivity contribution in [3.63, 3.8) is 0 Å². The molecule has 0 bridgehead atoms. The summed E-state index contributed by atoms with van der Waals surface area (Å²) in [5.41, 5.74) is 0.406. The van der Waals surface area contributed by atoms with Crippen LogP contribution in [0.25, 0.3) is 10.9 Å². The molecule has 1 aromatic heterocycles. The lowest BCUT2D eigenvalue weighted by molar-refractivity contribution is -0.385. The van der Waals surface area contributed by atoms with Crippen LogP contribution in [0.15, 0.2) is 73.4 Å². The standard InChI is InChI=1S/C26H20Br2FN5O5/c1-2-3-23-32-21-9-4-16(27)12-19(21)26(36)33(23)30-13-15-10-20(28)25(22(11-15)34(37)38)39-14-24(35)31-18-7-5-17(29)6-8-18/h4-13H,2-3,14H2,1H3,(H,31,35). The minimum absolute atomic E-state index is 0.160. The van der Waals surface area contributed by atoms with Crippen LogP contribution in [-0.2, 0) is 11.2 Å². The first-order valence-electron chi connectivity index (χ1n) is 11.6. The number of amides is 1. The number of nitrogens with one attached hydrogen (secondary N) is 1. The van der Waals surface area contributed by atoms with Gasteiger partial charge >= 0.3 is 5.69 Å². The minimum atomic E-state index is -0.654. The molecule has 0 saturated carbocycles. The molecule has 0 radical (unpaired) electrons. The molecule has 3 aromatic carbocycles. The van der Waals surface area contributed by atoms with E-state index in [1.807, 2.05) is 6.92 Å². The number of benzene rings is 3. The maximum atomic E-state index is 13.2. The van der Waals surface area contributed by atoms with Crippen molar-refractivity contribution in [2.75, 3.05) is 11.9 Å². The average Bonchev–Trinajstić information content (AvgIpc) is 2.89. The third kappa shape index (κ3) is 6.73. The van der Waals surface area contributed by atoms with Crippen molar-refractivity contribution in [3.05, 3.63) is 101 Å². The van der Waals surface area contributed by atoms with Crippen molar-refractivity contribution in [2.24, 2.45) is 5.10 Å². The van der Waals surface area contributed by atoms with E-state index >= 15 is 0 Å². The van der Waals surface area contributed by atoms with Gasteiger partial charge in [0.25, 0.3) is 11.5 Å². The molecule has 0 aliphatic rings. The van der Waals surface area contributed by atoms with Crippen LogP contribution in [0.1, 0.15) is 24.7 Å². The number of nitrogens with zero attached hydrogens (tertiary/aromatic N) is 4. The number of nitro groups is 1. The highest BCUT2D eigenvalue weighted by molar-refractivity contribution is 9.10. The summed E-state index contributed by atoms with van der Waals surface area (Å²) in [4.78, 5) is 41.1. The first-order valence-corrected chi connectivity index (χ1v) is 13.2. The Morgan fingerprint density at radius 1 is 1.21 bits per heavy atom. The van der Waals surface area contributed by atoms with Crippen molar-refractivity contribution in [2.45, 2.75) is 19.8 Å². The van der Waals surface area contributed by atoms with E-state index in [0.717, 1.165) is 6.42 Å². The molecule has 0 fully saturated rings. The van der Waals surface area contributed by atoms with E-state index in [1.54, 1.807) is 18.2 Å². The summed E-state index contributed by atoms with van der Waals surface area (Å²) >= 11 is 6.62. The number of hydrogen-bond acceptors (Lipinski definition) is 7. The molecule has 200 valence electrons. The molecule has 4 aromatic rings. The molecule has 0 saturated heterocycles. The number of aromatic nitrogens is 2. The Balaban J connectivity index is 1.61. The number of aryl methyl sites for hydroxylation is 1. The average molecular weight is 661 g/mol. The van der Waals surface area contributed by atoms with Gasteiger partial charge in [-0.05, 0) is 70.9 Å². The molecule has 0 aliphatic carbocycles. The zero-order valence-electron chi connectivity index (χ0n) is 20.4. The quantitative estimate of drug-likeness (QED) is 0.137. The van der Waals surface area contributed by atoms with Gasteiger partial charge in [0.2, 0.25) is 5.75 Å². The van der Waals surface area contributed by atoms with Gasteiger partial charge in [-0.25, -0.2) is 9.37 Å². The van der Waals surface area contributed by atoms with E-state index in [0.29, 0.717) is 38.9 Å². The third-order valence-electron chi connectivity index (χ3n) is 5.39. The maximum Gasteiger partial charge on any atom is 0.312 e. The van der Waals surface area contributed by atoms with Gasteiger partial charge in [-0.1, -0.05) is 22.9 Å². The lowest BCUT2D eigenvalue weighted by Gasteiger charge is -2.11. The number of ether oxygens (including phenoxy) is 1. The van der Waals surface area contributed by atoms with E-state index in [-0.39, 0.29) is 15.8 Å². The monoisotopic (exact) mass is 659 g/mol. The summed E-state index contributed by atoms with van der Waals surface area (Å²) in [6, 6.07) is 13.1. The highest BCUT2D eigenvalue weighted by atomic mass is 79.9. The first-order chi connectivity index (χ1) is 18.7. The van der Waals surface area contributed by atoms with Gasteiger partial charge in [0.15, 0.2) is 6.61 Å². The number of carbonyl (C=O) groups is 1. The Labute approximate surface area is 237 Å². The zero-order chi connectivity index (χ0) is 28.1. The summed E-state index contributed by atoms with van der Waals surface area (Å²) in [6.07, 6.45) is 2.53. The smallest absolute Gasteiger partial charge is 0.312 e. The molecular weight excluding hydrogens is 641 g/mol. The normalized spacial score (nSPS) is 11.2. The Morgan fingerprint density at radius 2 is 1.95 bits per heavy atom. The fourth-order valence-electron chi connectivity index (χ4n) is 3.64. The van der Waals surface area contributed by atoms with Crippen molar-refractivity contribution in [3.8, 4) is 5.75 Å². The summed E-state index contributed by atoms with van der Waals surface area (Å²) < 4.78 is 20.6. The highest BCUT2D eigenvalue weighted by Gasteiger charge is 2.21. The molecule has 0 aliphatic heterocycles. The first kappa shape index (κ1) is 28.0. The SMILES string of the molecule is CCCc1nc2ccc(Br)cc2c(=O)n1N=Cc1cc(Br)c(OCC(=O)Nc2ccc(F)cc2)c([N+](=O)[O-])c1. The maximum absolute atomic E-state index is 13.2. The number of nitro benzene ring substituents is 1. The number of carbonyl (C=O) groups excluding carboxylic acids is 1. The van der Waals surface area contributed by atoms with Gasteiger partial charge in [0.05, 0.1) is 26.5 Å². The summed E-state index contributed by atoms with van der Waals surface area (Å²) in [5, 5.41) is 19.0. The molecule has 13 heteroatoms. The Kier molecular flexibility index (Phi) is 8.82. The summed E-state index contributed by atoms with van der Waals surface area (Å²) in [7, 11) is 0. The predicted molar refractivity (Wildman–Crippen MR) is 152 cm³/mol. The lowest BCUT2D eigenvalue weighted by Crippen LogP contribution is -2.22. The van der Waals surface area contributed by atoms with Crippen LogP contribution in [0.3, 0.4) is 0 Å². The van der Waals surface area contributed by atoms with E-state index in [9.17, 15) is 24.1 Å². The number of rotatable bonds is 9. The Hall–Kier alpha value is -3.97. The van der Waals surface area contributed by atoms with Crippen molar-refractivity contribution in [1.82, 2.24) is 9.66 Å². The largest absolute Gasteiger partial charge is 0.476 e. The molecule has 0 atom stereocenters.